The third kappa shape index (κ3) is 7.21. The number of amides is 1. The van der Waals surface area contributed by atoms with Gasteiger partial charge in [0.1, 0.15) is 11.4 Å². The van der Waals surface area contributed by atoms with E-state index in [1.54, 1.807) is 0 Å². The highest BCUT2D eigenvalue weighted by Gasteiger charge is 2.47. The van der Waals surface area contributed by atoms with E-state index in [1.165, 1.54) is 12.7 Å². The number of benzene rings is 1. The quantitative estimate of drug-likeness (QED) is 0.339. The second-order valence-corrected chi connectivity index (χ2v) is 12.8. The molecule has 3 aliphatic rings. The summed E-state index contributed by atoms with van der Waals surface area (Å²) in [6.07, 6.45) is 5.18. The summed E-state index contributed by atoms with van der Waals surface area (Å²) in [5.41, 5.74) is 2.24. The molecule has 1 aliphatic carbocycles. The van der Waals surface area contributed by atoms with E-state index in [0.29, 0.717) is 18.4 Å². The molecule has 1 atom stereocenters. The Bertz CT molecular complexity index is 1150. The lowest BCUT2D eigenvalue weighted by molar-refractivity contribution is -0.124. The molecule has 1 amide bonds. The van der Waals surface area contributed by atoms with Gasteiger partial charge in [-0.05, 0) is 88.1 Å². The molecule has 2 aliphatic heterocycles. The van der Waals surface area contributed by atoms with E-state index in [4.69, 9.17) is 9.73 Å². The molecule has 1 saturated carbocycles. The molecule has 1 saturated heterocycles. The zero-order valence-electron chi connectivity index (χ0n) is 23.1. The maximum Gasteiger partial charge on any atom is 0.337 e. The van der Waals surface area contributed by atoms with Gasteiger partial charge >= 0.3 is 5.97 Å². The lowest BCUT2D eigenvalue weighted by Gasteiger charge is -2.37. The van der Waals surface area contributed by atoms with Crippen molar-refractivity contribution in [3.63, 3.8) is 0 Å². The summed E-state index contributed by atoms with van der Waals surface area (Å²) in [6.45, 7) is 5.98. The molecule has 1 unspecified atom stereocenters. The van der Waals surface area contributed by atoms with Crippen LogP contribution in [-0.4, -0.2) is 71.5 Å². The smallest absolute Gasteiger partial charge is 0.337 e. The Morgan fingerprint density at radius 2 is 1.97 bits per heavy atom. The lowest BCUT2D eigenvalue weighted by Crippen LogP contribution is -2.48. The number of hydrogen-bond acceptors (Lipinski definition) is 6. The number of nitrogens with zero attached hydrogens (tertiary/aromatic N) is 2. The number of carbonyl (C=O) groups excluding carboxylic acids is 2. The fourth-order valence-electron chi connectivity index (χ4n) is 5.87. The van der Waals surface area contributed by atoms with Gasteiger partial charge in [0.05, 0.1) is 12.7 Å². The molecule has 0 aromatic heterocycles. The molecule has 0 radical (unpaired) electrons. The number of halogens is 2. The highest BCUT2D eigenvalue weighted by molar-refractivity contribution is 8.12. The van der Waals surface area contributed by atoms with Crippen LogP contribution in [0.2, 0.25) is 0 Å². The topological polar surface area (TPSA) is 83.0 Å². The Hall–Kier alpha value is -2.43. The van der Waals surface area contributed by atoms with Crippen molar-refractivity contribution in [2.45, 2.75) is 70.4 Å². The van der Waals surface area contributed by atoms with Gasteiger partial charge in [-0.1, -0.05) is 11.4 Å². The average Bonchev–Trinajstić information content (AvgIpc) is 3.25. The van der Waals surface area contributed by atoms with Crippen LogP contribution in [0.25, 0.3) is 0 Å². The number of methoxy groups -OCH3 is 1. The highest BCUT2D eigenvalue weighted by atomic mass is 32.2. The Labute approximate surface area is 232 Å². The van der Waals surface area contributed by atoms with Crippen LogP contribution in [0.1, 0.15) is 66.9 Å². The minimum absolute atomic E-state index is 0.0150. The minimum atomic E-state index is -1.65. The van der Waals surface area contributed by atoms with Crippen molar-refractivity contribution >= 4 is 33.7 Å². The number of esters is 1. The third-order valence-corrected chi connectivity index (χ3v) is 10.5. The van der Waals surface area contributed by atoms with Gasteiger partial charge in [0.25, 0.3) is 12.0 Å². The van der Waals surface area contributed by atoms with Crippen LogP contribution in [-0.2, 0) is 16.0 Å². The van der Waals surface area contributed by atoms with Gasteiger partial charge in [-0.25, -0.2) is 4.79 Å². The monoisotopic (exact) mass is 562 g/mol. The average molecular weight is 563 g/mol. The van der Waals surface area contributed by atoms with E-state index in [1.807, 2.05) is 25.1 Å². The number of nitrogens with one attached hydrogen (secondary N) is 2. The van der Waals surface area contributed by atoms with E-state index in [9.17, 15) is 18.4 Å². The summed E-state index contributed by atoms with van der Waals surface area (Å²) < 4.78 is 31.8. The van der Waals surface area contributed by atoms with Gasteiger partial charge in [0.15, 0.2) is 0 Å². The molecule has 1 spiro atoms. The normalized spacial score (nSPS) is 23.8. The van der Waals surface area contributed by atoms with Crippen molar-refractivity contribution in [1.82, 2.24) is 14.9 Å². The van der Waals surface area contributed by atoms with Gasteiger partial charge in [0.2, 0.25) is 0 Å². The van der Waals surface area contributed by atoms with Crippen LogP contribution in [0.4, 0.5) is 8.78 Å². The standard InChI is InChI=1S/C29H40F2N4O3S/c1-4-39(18-12-21-5-6-23(19-20(21)2)27(36)38-3)35-16-13-29(14-17-35)28(37)33-26(34-29)22-7-9-24(10-8-22)32-15-11-25(30)31/h4-6,11,19,22,24,32H,7-10,12-18H2,1-3H3,(H,33,34,37). The molecular formula is C29H40F2N4O3S. The zero-order chi connectivity index (χ0) is 28.0. The van der Waals surface area contributed by atoms with E-state index in [0.717, 1.165) is 68.4 Å². The molecule has 2 fully saturated rings. The molecule has 2 heterocycles. The maximum absolute atomic E-state index is 13.1. The minimum Gasteiger partial charge on any atom is -0.465 e. The number of rotatable bonds is 9. The second kappa shape index (κ2) is 13.3. The van der Waals surface area contributed by atoms with Crippen LogP contribution in [0.5, 0.6) is 0 Å². The molecule has 2 N–H and O–H groups in total. The van der Waals surface area contributed by atoms with E-state index in [2.05, 4.69) is 27.2 Å². The largest absolute Gasteiger partial charge is 0.465 e. The fraction of sp³-hybridized carbons (Fsp3) is 0.586. The summed E-state index contributed by atoms with van der Waals surface area (Å²) >= 11 is 0. The first-order valence-corrected chi connectivity index (χ1v) is 15.2. The predicted octanol–water partition coefficient (Wildman–Crippen LogP) is 4.62. The van der Waals surface area contributed by atoms with Crippen LogP contribution < -0.4 is 10.6 Å². The lowest BCUT2D eigenvalue weighted by atomic mass is 9.85. The molecule has 4 rings (SSSR count). The molecule has 39 heavy (non-hydrogen) atoms. The molecule has 1 aromatic rings. The Morgan fingerprint density at radius 3 is 2.59 bits per heavy atom. The number of aryl methyl sites for hydroxylation is 2. The summed E-state index contributed by atoms with van der Waals surface area (Å²) in [4.78, 5) is 29.9. The van der Waals surface area contributed by atoms with Crippen LogP contribution in [0.3, 0.4) is 0 Å². The predicted molar refractivity (Wildman–Crippen MR) is 154 cm³/mol. The van der Waals surface area contributed by atoms with Crippen molar-refractivity contribution in [3.8, 4) is 0 Å². The summed E-state index contributed by atoms with van der Waals surface area (Å²) in [5.74, 6) is 1.76. The number of amidine groups is 1. The number of aliphatic imine (C=N–C) groups is 1. The van der Waals surface area contributed by atoms with Crippen molar-refractivity contribution < 1.29 is 23.1 Å². The van der Waals surface area contributed by atoms with Crippen LogP contribution >= 0.6 is 10.7 Å². The summed E-state index contributed by atoms with van der Waals surface area (Å²) in [5, 5.41) is 8.55. The van der Waals surface area contributed by atoms with Gasteiger partial charge in [0, 0.05) is 37.3 Å². The summed E-state index contributed by atoms with van der Waals surface area (Å²) in [6, 6.07) is 5.97. The number of piperidine rings is 1. The first-order valence-electron chi connectivity index (χ1n) is 13.8. The fourth-order valence-corrected chi connectivity index (χ4v) is 7.74. The van der Waals surface area contributed by atoms with E-state index < -0.39 is 11.6 Å². The zero-order valence-corrected chi connectivity index (χ0v) is 23.9. The van der Waals surface area contributed by atoms with Gasteiger partial charge < -0.3 is 15.4 Å². The van der Waals surface area contributed by atoms with E-state index >= 15 is 0 Å². The first kappa shape index (κ1) is 29.6. The SMILES string of the molecule is CC=S(CCc1ccc(C(=O)OC)cc1C)N1CCC2(CC1)N=C(C1CCC(NCC=C(F)F)CC1)NC2=O. The molecule has 214 valence electrons. The third-order valence-electron chi connectivity index (χ3n) is 8.27. The Kier molecular flexibility index (Phi) is 10.1. The number of ether oxygens (including phenoxy) is 1. The van der Waals surface area contributed by atoms with Crippen molar-refractivity contribution in [1.29, 1.82) is 0 Å². The highest BCUT2D eigenvalue weighted by Crippen LogP contribution is 2.37. The Morgan fingerprint density at radius 1 is 1.26 bits per heavy atom. The van der Waals surface area contributed by atoms with Crippen LogP contribution in [0.15, 0.2) is 35.3 Å². The first-order chi connectivity index (χ1) is 18.7. The number of hydrogen-bond donors (Lipinski definition) is 2. The number of carbonyl (C=O) groups is 2. The van der Waals surface area contributed by atoms with Gasteiger partial charge in [-0.2, -0.15) is 8.78 Å². The molecule has 7 nitrogen and oxygen atoms in total. The Balaban J connectivity index is 1.29. The van der Waals surface area contributed by atoms with Crippen molar-refractivity contribution in [3.05, 3.63) is 47.0 Å². The van der Waals surface area contributed by atoms with Gasteiger partial charge in [-0.15, -0.1) is 10.7 Å². The van der Waals surface area contributed by atoms with E-state index in [-0.39, 0.29) is 41.1 Å². The van der Waals surface area contributed by atoms with Crippen molar-refractivity contribution in [2.24, 2.45) is 10.9 Å². The molecule has 0 bridgehead atoms. The molecular weight excluding hydrogens is 522 g/mol. The molecule has 1 aromatic carbocycles. The summed E-state index contributed by atoms with van der Waals surface area (Å²) in [7, 11) is 1.38. The van der Waals surface area contributed by atoms with Gasteiger partial charge in [-0.3, -0.25) is 14.1 Å². The van der Waals surface area contributed by atoms with Crippen LogP contribution in [0, 0.1) is 12.8 Å². The molecule has 10 heteroatoms. The van der Waals surface area contributed by atoms with Crippen molar-refractivity contribution in [2.75, 3.05) is 32.5 Å². The maximum atomic E-state index is 13.1. The second-order valence-electron chi connectivity index (χ2n) is 10.6.